The SMILES string of the molecule is C#Cc1cnc(NCCC2C(=O)Cc3c(C)cccc32)nc1N[C@@H]1CC[C@H](O)C(C)(C)C1.C#Cc1cnc(NCCC2C(=O)Cc3ccc(CC)cc32)nc1N[C@@H]1CC[C@H](O)C(C)(C)C1.C#Cc1cnc(NCCC2C(=O)Cc3ccccc32)nc1N[C@@H]1CC[C@H](O)C(C)(C)C1.C[C@H]1C[C@@H](Nc2nc(NCCc3cnoc3)ncc2C#N)C1(C)C.[HH]. The van der Waals surface area contributed by atoms with Crippen molar-refractivity contribution in [2.75, 3.05) is 68.7 Å². The first kappa shape index (κ1) is 87.9. The Bertz CT molecular complexity index is 5140. The minimum Gasteiger partial charge on any atom is -0.393 e. The first-order valence-electron chi connectivity index (χ1n) is 42.5. The molecule has 0 radical (unpaired) electrons. The topological polar surface area (TPSA) is 361 Å². The fourth-order valence-electron chi connectivity index (χ4n) is 17.8. The summed E-state index contributed by atoms with van der Waals surface area (Å²) in [6.07, 6.45) is 39.8. The van der Waals surface area contributed by atoms with Gasteiger partial charge in [0.1, 0.15) is 58.5 Å². The first-order valence-corrected chi connectivity index (χ1v) is 42.5. The van der Waals surface area contributed by atoms with Crippen LogP contribution in [0.3, 0.4) is 0 Å². The van der Waals surface area contributed by atoms with Crippen LogP contribution in [0.4, 0.5) is 47.1 Å². The number of hydrogen-bond donors (Lipinski definition) is 11. The number of rotatable bonds is 25. The number of aliphatic hydroxyl groups is 3. The van der Waals surface area contributed by atoms with Crippen LogP contribution in [0.5, 0.6) is 0 Å². The van der Waals surface area contributed by atoms with Gasteiger partial charge in [0.05, 0.1) is 66.0 Å². The Hall–Kier alpha value is -11.3. The highest BCUT2D eigenvalue weighted by atomic mass is 16.5. The molecule has 0 bridgehead atoms. The van der Waals surface area contributed by atoms with Crippen molar-refractivity contribution >= 4 is 64.4 Å². The molecule has 4 saturated carbocycles. The molecule has 0 amide bonds. The van der Waals surface area contributed by atoms with Gasteiger partial charge in [-0.15, -0.1) is 19.3 Å². The fraction of sp³-hybridized carbons (Fsp3) is 0.505. The molecule has 7 aliphatic carbocycles. The number of hydrogen-bond acceptors (Lipinski definition) is 25. The molecule has 25 nitrogen and oxygen atoms in total. The number of Topliss-reactive ketones (excluding diaryl/α,β-unsaturated/α-hetero) is 3. The van der Waals surface area contributed by atoms with Crippen LogP contribution in [0.1, 0.15) is 244 Å². The number of aliphatic hydroxyl groups excluding tert-OH is 3. The highest BCUT2D eigenvalue weighted by molar-refractivity contribution is 5.94. The number of nitriles is 1. The Labute approximate surface area is 708 Å². The minimum absolute atomic E-state index is 0. The van der Waals surface area contributed by atoms with E-state index >= 15 is 0 Å². The molecule has 3 aromatic carbocycles. The molecule has 11 atom stereocenters. The zero-order chi connectivity index (χ0) is 85.6. The summed E-state index contributed by atoms with van der Waals surface area (Å²) >= 11 is 0. The molecule has 7 aliphatic rings. The number of fused-ring (bicyclic) bond motifs is 3. The number of nitrogens with one attached hydrogen (secondary N) is 8. The molecule has 0 aliphatic heterocycles. The number of carbonyl (C=O) groups excluding carboxylic acids is 3. The molecule has 3 unspecified atom stereocenters. The second kappa shape index (κ2) is 38.8. The number of carbonyl (C=O) groups is 3. The van der Waals surface area contributed by atoms with Gasteiger partial charge in [0.25, 0.3) is 0 Å². The lowest BCUT2D eigenvalue weighted by Gasteiger charge is -2.51. The highest BCUT2D eigenvalue weighted by Crippen LogP contribution is 2.48. The van der Waals surface area contributed by atoms with E-state index in [9.17, 15) is 35.0 Å². The fourth-order valence-corrected chi connectivity index (χ4v) is 17.8. The smallest absolute Gasteiger partial charge is 0.224 e. The van der Waals surface area contributed by atoms with E-state index in [0.717, 1.165) is 105 Å². The molecule has 632 valence electrons. The van der Waals surface area contributed by atoms with Crippen molar-refractivity contribution in [1.82, 2.24) is 45.0 Å². The van der Waals surface area contributed by atoms with Crippen molar-refractivity contribution < 1.29 is 35.7 Å². The molecule has 5 aromatic heterocycles. The minimum atomic E-state index is -0.290. The Balaban J connectivity index is 0.000000158. The average Bonchev–Trinajstić information content (AvgIpc) is 1.58. The number of terminal acetylenes is 3. The molecule has 15 rings (SSSR count). The zero-order valence-corrected chi connectivity index (χ0v) is 71.3. The molecule has 4 fully saturated rings. The van der Waals surface area contributed by atoms with Gasteiger partial charge in [0.15, 0.2) is 0 Å². The van der Waals surface area contributed by atoms with E-state index in [0.29, 0.717) is 146 Å². The Morgan fingerprint density at radius 1 is 0.508 bits per heavy atom. The van der Waals surface area contributed by atoms with Crippen molar-refractivity contribution in [2.45, 2.75) is 252 Å². The lowest BCUT2D eigenvalue weighted by Crippen LogP contribution is -2.52. The van der Waals surface area contributed by atoms with E-state index < -0.39 is 0 Å². The maximum Gasteiger partial charge on any atom is 0.224 e. The third kappa shape index (κ3) is 21.4. The summed E-state index contributed by atoms with van der Waals surface area (Å²) in [5.41, 5.74) is 12.5. The maximum absolute atomic E-state index is 12.6. The first-order chi connectivity index (χ1) is 57.5. The quantitative estimate of drug-likeness (QED) is 0.0237. The Morgan fingerprint density at radius 3 is 1.37 bits per heavy atom. The summed E-state index contributed by atoms with van der Waals surface area (Å²) < 4.78 is 4.80. The molecule has 11 N–H and O–H groups in total. The van der Waals surface area contributed by atoms with Crippen LogP contribution in [-0.4, -0.2) is 146 Å². The van der Waals surface area contributed by atoms with Crippen LogP contribution in [-0.2, 0) is 46.5 Å². The second-order valence-corrected chi connectivity index (χ2v) is 36.1. The van der Waals surface area contributed by atoms with Crippen molar-refractivity contribution in [3.63, 3.8) is 0 Å². The summed E-state index contributed by atoms with van der Waals surface area (Å²) in [5, 5.41) is 70.5. The lowest BCUT2D eigenvalue weighted by molar-refractivity contribution is -0.119. The molecular formula is C95H120N18O7. The molecule has 0 spiro atoms. The van der Waals surface area contributed by atoms with E-state index in [2.05, 4.69) is 218 Å². The van der Waals surface area contributed by atoms with Gasteiger partial charge in [-0.3, -0.25) is 14.4 Å². The zero-order valence-electron chi connectivity index (χ0n) is 71.3. The predicted octanol–water partition coefficient (Wildman–Crippen LogP) is 14.5. The van der Waals surface area contributed by atoms with Crippen LogP contribution in [0.2, 0.25) is 0 Å². The summed E-state index contributed by atoms with van der Waals surface area (Å²) in [6, 6.07) is 23.7. The normalized spacial score (nSPS) is 23.5. The molecule has 0 saturated heterocycles. The van der Waals surface area contributed by atoms with Gasteiger partial charge in [0, 0.05) is 94.4 Å². The number of benzene rings is 3. The van der Waals surface area contributed by atoms with Crippen LogP contribution in [0.15, 0.2) is 102 Å². The van der Waals surface area contributed by atoms with Crippen molar-refractivity contribution in [3.8, 4) is 43.1 Å². The van der Waals surface area contributed by atoms with E-state index in [1.165, 1.54) is 22.3 Å². The average molecular weight is 1630 g/mol. The second-order valence-electron chi connectivity index (χ2n) is 36.1. The molecule has 25 heteroatoms. The largest absolute Gasteiger partial charge is 0.393 e. The standard InChI is InChI=1S/C27H34N4O2.C26H32N4O2.C25H30N4O2.C17H22N6O.H2/c1-5-17-7-8-19-14-23(32)21(22(19)13-17)11-12-28-26-29-16-18(6-2)25(31-26)30-20-9-10-24(33)27(3,4)15-20;1-5-17-15-28-25(30-24(17)29-18-9-10-23(32)26(3,4)14-18)27-12-11-20-19-8-6-7-16(2)21(19)13-22(20)31;1-4-16-15-27-24(29-23(16)28-18-9-10-22(31)25(2,3)14-18)26-12-11-20-19-8-6-5-7-17(19)13-21(20)30;1-11-6-14(17(11,2)3)22-15-13(7-18)9-20-16(23-15)19-5-4-12-8-21-24-10-12;/h2,7-8,13,16,20-21,24,33H,5,9-12,14-15H2,1,3-4H3,(H2,28,29,30,31);1,6-8,15,18,20,23,32H,9-14H2,2-4H3,(H2,27,28,29,30);1,5-8,15,18,20,22,31H,9-14H2,2-3H3,(H2,26,27,28,29);8-11,14H,4-6H2,1-3H3,(H2,19,20,22,23);1H/t20-,21?,24+;18-,20?,23+;18-,20?,22+;11-,14+;/m1110./s1. The van der Waals surface area contributed by atoms with E-state index in [4.69, 9.17) is 23.8 Å². The third-order valence-electron chi connectivity index (χ3n) is 26.0. The van der Waals surface area contributed by atoms with Crippen molar-refractivity contribution in [3.05, 3.63) is 170 Å². The summed E-state index contributed by atoms with van der Waals surface area (Å²) in [4.78, 5) is 73.2. The number of aromatic nitrogens is 9. The molecule has 8 aromatic rings. The van der Waals surface area contributed by atoms with Gasteiger partial charge in [-0.05, 0) is 175 Å². The molecule has 120 heavy (non-hydrogen) atoms. The number of anilines is 8. The van der Waals surface area contributed by atoms with Gasteiger partial charge in [0.2, 0.25) is 23.8 Å². The lowest BCUT2D eigenvalue weighted by atomic mass is 9.59. The van der Waals surface area contributed by atoms with E-state index in [1.807, 2.05) is 30.3 Å². The van der Waals surface area contributed by atoms with Crippen LogP contribution in [0, 0.1) is 82.9 Å². The molecular weight excluding hydrogens is 1510 g/mol. The van der Waals surface area contributed by atoms with Crippen molar-refractivity contribution in [1.29, 1.82) is 5.26 Å². The number of aryl methyl sites for hydroxylation is 2. The van der Waals surface area contributed by atoms with Gasteiger partial charge in [-0.1, -0.05) is 153 Å². The summed E-state index contributed by atoms with van der Waals surface area (Å²) in [6.45, 7) is 25.9. The van der Waals surface area contributed by atoms with Gasteiger partial charge >= 0.3 is 0 Å². The maximum atomic E-state index is 12.6. The Kier molecular flexibility index (Phi) is 28.4. The van der Waals surface area contributed by atoms with Crippen LogP contribution < -0.4 is 42.5 Å². The summed E-state index contributed by atoms with van der Waals surface area (Å²) in [5.74, 6) is 13.8. The molecule has 5 heterocycles. The monoisotopic (exact) mass is 1620 g/mol. The predicted molar refractivity (Wildman–Crippen MR) is 473 cm³/mol. The van der Waals surface area contributed by atoms with Crippen LogP contribution >= 0.6 is 0 Å². The van der Waals surface area contributed by atoms with E-state index in [1.54, 1.807) is 37.2 Å². The Morgan fingerprint density at radius 2 is 0.933 bits per heavy atom. The van der Waals surface area contributed by atoms with Gasteiger partial charge < -0.3 is 62.4 Å². The number of ketones is 3. The van der Waals surface area contributed by atoms with Crippen molar-refractivity contribution in [2.24, 2.45) is 27.6 Å². The van der Waals surface area contributed by atoms with E-state index in [-0.39, 0.29) is 94.6 Å². The number of nitrogens with zero attached hydrogens (tertiary/aromatic N) is 10. The highest BCUT2D eigenvalue weighted by Gasteiger charge is 2.46. The third-order valence-corrected chi connectivity index (χ3v) is 26.0. The van der Waals surface area contributed by atoms with Gasteiger partial charge in [-0.2, -0.15) is 25.2 Å². The summed E-state index contributed by atoms with van der Waals surface area (Å²) in [7, 11) is 0. The van der Waals surface area contributed by atoms with Crippen LogP contribution in [0.25, 0.3) is 0 Å². The van der Waals surface area contributed by atoms with Gasteiger partial charge in [-0.25, -0.2) is 19.9 Å².